The number of carbonyl (C=O) groups is 1. The SMILES string of the molecule is C[C@H](O)CNC(=O)c1ccc(O)c(O)c1. The number of rotatable bonds is 3. The molecule has 0 saturated carbocycles. The van der Waals surface area contributed by atoms with E-state index in [0.29, 0.717) is 0 Å². The minimum Gasteiger partial charge on any atom is -0.504 e. The van der Waals surface area contributed by atoms with Crippen LogP contribution in [0.4, 0.5) is 0 Å². The van der Waals surface area contributed by atoms with E-state index >= 15 is 0 Å². The molecule has 0 radical (unpaired) electrons. The molecule has 0 heterocycles. The molecule has 0 spiro atoms. The number of phenols is 2. The summed E-state index contributed by atoms with van der Waals surface area (Å²) < 4.78 is 0. The summed E-state index contributed by atoms with van der Waals surface area (Å²) in [6, 6.07) is 3.77. The van der Waals surface area contributed by atoms with Crippen LogP contribution < -0.4 is 5.32 Å². The highest BCUT2D eigenvalue weighted by molar-refractivity contribution is 5.94. The minimum absolute atomic E-state index is 0.139. The molecule has 0 aromatic heterocycles. The lowest BCUT2D eigenvalue weighted by Gasteiger charge is -2.07. The highest BCUT2D eigenvalue weighted by Gasteiger charge is 2.08. The second kappa shape index (κ2) is 4.65. The number of hydrogen-bond donors (Lipinski definition) is 4. The number of aliphatic hydroxyl groups excluding tert-OH is 1. The molecule has 0 aliphatic carbocycles. The van der Waals surface area contributed by atoms with Crippen molar-refractivity contribution >= 4 is 5.91 Å². The molecular weight excluding hydrogens is 198 g/mol. The van der Waals surface area contributed by atoms with Crippen molar-refractivity contribution in [3.05, 3.63) is 23.8 Å². The smallest absolute Gasteiger partial charge is 0.251 e. The number of hydrogen-bond acceptors (Lipinski definition) is 4. The number of benzene rings is 1. The molecule has 1 amide bonds. The van der Waals surface area contributed by atoms with Gasteiger partial charge in [0.1, 0.15) is 0 Å². The highest BCUT2D eigenvalue weighted by Crippen LogP contribution is 2.24. The number of carbonyl (C=O) groups excluding carboxylic acids is 1. The first kappa shape index (κ1) is 11.3. The fraction of sp³-hybridized carbons (Fsp3) is 0.300. The molecule has 5 nitrogen and oxygen atoms in total. The van der Waals surface area contributed by atoms with Crippen molar-refractivity contribution in [2.45, 2.75) is 13.0 Å². The van der Waals surface area contributed by atoms with Gasteiger partial charge < -0.3 is 20.6 Å². The summed E-state index contributed by atoms with van der Waals surface area (Å²) in [6.45, 7) is 1.69. The largest absolute Gasteiger partial charge is 0.504 e. The maximum atomic E-state index is 11.4. The van der Waals surface area contributed by atoms with Gasteiger partial charge in [0.05, 0.1) is 6.10 Å². The Balaban J connectivity index is 2.70. The standard InChI is InChI=1S/C10H13NO4/c1-6(12)5-11-10(15)7-2-3-8(13)9(14)4-7/h2-4,6,12-14H,5H2,1H3,(H,11,15)/t6-/m0/s1. The van der Waals surface area contributed by atoms with Gasteiger partial charge in [0.2, 0.25) is 0 Å². The third-order valence-corrected chi connectivity index (χ3v) is 1.80. The maximum absolute atomic E-state index is 11.4. The van der Waals surface area contributed by atoms with Gasteiger partial charge in [-0.3, -0.25) is 4.79 Å². The monoisotopic (exact) mass is 211 g/mol. The molecule has 82 valence electrons. The van der Waals surface area contributed by atoms with Crippen molar-refractivity contribution in [2.24, 2.45) is 0 Å². The molecule has 4 N–H and O–H groups in total. The molecule has 0 saturated heterocycles. The molecule has 0 unspecified atom stereocenters. The van der Waals surface area contributed by atoms with Gasteiger partial charge >= 0.3 is 0 Å². The molecule has 0 aliphatic rings. The van der Waals surface area contributed by atoms with Crippen LogP contribution in [0.25, 0.3) is 0 Å². The summed E-state index contributed by atoms with van der Waals surface area (Å²) in [5, 5.41) is 29.6. The van der Waals surface area contributed by atoms with Gasteiger partial charge in [-0.25, -0.2) is 0 Å². The zero-order valence-corrected chi connectivity index (χ0v) is 8.27. The summed E-state index contributed by atoms with van der Waals surface area (Å²) in [6.07, 6.45) is -0.625. The van der Waals surface area contributed by atoms with Crippen LogP contribution in [-0.4, -0.2) is 33.9 Å². The van der Waals surface area contributed by atoms with Crippen molar-refractivity contribution in [2.75, 3.05) is 6.54 Å². The molecule has 1 aromatic rings. The van der Waals surface area contributed by atoms with E-state index in [4.69, 9.17) is 15.3 Å². The van der Waals surface area contributed by atoms with Crippen LogP contribution in [-0.2, 0) is 0 Å². The Morgan fingerprint density at radius 2 is 2.07 bits per heavy atom. The molecule has 15 heavy (non-hydrogen) atoms. The predicted octanol–water partition coefficient (Wildman–Crippen LogP) is 0.208. The van der Waals surface area contributed by atoms with Crippen molar-refractivity contribution in [3.63, 3.8) is 0 Å². The molecule has 1 rings (SSSR count). The Labute approximate surface area is 87.0 Å². The van der Waals surface area contributed by atoms with E-state index in [1.165, 1.54) is 12.1 Å². The first-order chi connectivity index (χ1) is 7.00. The first-order valence-corrected chi connectivity index (χ1v) is 4.49. The zero-order chi connectivity index (χ0) is 11.4. The summed E-state index contributed by atoms with van der Waals surface area (Å²) in [5.41, 5.74) is 0.228. The Morgan fingerprint density at radius 1 is 1.40 bits per heavy atom. The zero-order valence-electron chi connectivity index (χ0n) is 8.27. The molecule has 5 heteroatoms. The van der Waals surface area contributed by atoms with Crippen molar-refractivity contribution in [3.8, 4) is 11.5 Å². The number of aromatic hydroxyl groups is 2. The second-order valence-electron chi connectivity index (χ2n) is 3.26. The number of aliphatic hydroxyl groups is 1. The molecule has 0 aliphatic heterocycles. The normalized spacial score (nSPS) is 12.1. The van der Waals surface area contributed by atoms with Crippen LogP contribution in [0.5, 0.6) is 11.5 Å². The van der Waals surface area contributed by atoms with Gasteiger partial charge in [-0.15, -0.1) is 0 Å². The van der Waals surface area contributed by atoms with Gasteiger partial charge in [0.15, 0.2) is 11.5 Å². The molecule has 0 bridgehead atoms. The lowest BCUT2D eigenvalue weighted by Crippen LogP contribution is -2.30. The van der Waals surface area contributed by atoms with Gasteiger partial charge in [-0.05, 0) is 25.1 Å². The fourth-order valence-electron chi connectivity index (χ4n) is 1.01. The van der Waals surface area contributed by atoms with Gasteiger partial charge in [-0.2, -0.15) is 0 Å². The van der Waals surface area contributed by atoms with Gasteiger partial charge in [0.25, 0.3) is 5.91 Å². The van der Waals surface area contributed by atoms with E-state index in [1.807, 2.05) is 0 Å². The molecular formula is C10H13NO4. The quantitative estimate of drug-likeness (QED) is 0.538. The van der Waals surface area contributed by atoms with Crippen molar-refractivity contribution < 1.29 is 20.1 Å². The first-order valence-electron chi connectivity index (χ1n) is 4.49. The van der Waals surface area contributed by atoms with E-state index in [1.54, 1.807) is 6.92 Å². The van der Waals surface area contributed by atoms with Crippen LogP contribution in [0.1, 0.15) is 17.3 Å². The van der Waals surface area contributed by atoms with Crippen LogP contribution in [0, 0.1) is 0 Å². The fourth-order valence-corrected chi connectivity index (χ4v) is 1.01. The summed E-state index contributed by atoms with van der Waals surface area (Å²) in [7, 11) is 0. The van der Waals surface area contributed by atoms with E-state index in [0.717, 1.165) is 6.07 Å². The lowest BCUT2D eigenvalue weighted by molar-refractivity contribution is 0.0923. The summed E-state index contributed by atoms with van der Waals surface area (Å²) in [4.78, 5) is 11.4. The number of phenolic OH excluding ortho intramolecular Hbond substituents is 2. The number of nitrogens with one attached hydrogen (secondary N) is 1. The van der Waals surface area contributed by atoms with Crippen molar-refractivity contribution in [1.82, 2.24) is 5.32 Å². The Morgan fingerprint density at radius 3 is 2.60 bits per heavy atom. The maximum Gasteiger partial charge on any atom is 0.251 e. The Bertz CT molecular complexity index is 362. The lowest BCUT2D eigenvalue weighted by atomic mass is 10.2. The van der Waals surface area contributed by atoms with Crippen molar-refractivity contribution in [1.29, 1.82) is 0 Å². The van der Waals surface area contributed by atoms with E-state index in [9.17, 15) is 4.79 Å². The topological polar surface area (TPSA) is 89.8 Å². The van der Waals surface area contributed by atoms with Crippen LogP contribution >= 0.6 is 0 Å². The van der Waals surface area contributed by atoms with E-state index < -0.39 is 12.0 Å². The summed E-state index contributed by atoms with van der Waals surface area (Å²) in [5.74, 6) is -1.03. The van der Waals surface area contributed by atoms with E-state index in [2.05, 4.69) is 5.32 Å². The number of amides is 1. The van der Waals surface area contributed by atoms with E-state index in [-0.39, 0.29) is 23.6 Å². The third kappa shape index (κ3) is 3.14. The highest BCUT2D eigenvalue weighted by atomic mass is 16.3. The summed E-state index contributed by atoms with van der Waals surface area (Å²) >= 11 is 0. The van der Waals surface area contributed by atoms with Crippen LogP contribution in [0.2, 0.25) is 0 Å². The molecule has 0 fully saturated rings. The molecule has 1 aromatic carbocycles. The average molecular weight is 211 g/mol. The van der Waals surface area contributed by atoms with Gasteiger partial charge in [0, 0.05) is 12.1 Å². The second-order valence-corrected chi connectivity index (χ2v) is 3.26. The van der Waals surface area contributed by atoms with Gasteiger partial charge in [-0.1, -0.05) is 0 Å². The Kier molecular flexibility index (Phi) is 3.51. The van der Waals surface area contributed by atoms with Crippen LogP contribution in [0.3, 0.4) is 0 Å². The Hall–Kier alpha value is -1.75. The minimum atomic E-state index is -0.625. The van der Waals surface area contributed by atoms with Crippen LogP contribution in [0.15, 0.2) is 18.2 Å². The average Bonchev–Trinajstić information content (AvgIpc) is 2.18. The predicted molar refractivity (Wildman–Crippen MR) is 53.8 cm³/mol. The molecule has 1 atom stereocenters. The third-order valence-electron chi connectivity index (χ3n) is 1.80.